The first kappa shape index (κ1) is 12.6. The molecule has 6 nitrogen and oxygen atoms in total. The lowest BCUT2D eigenvalue weighted by Crippen LogP contribution is -2.32. The molecule has 0 rings (SSSR count). The summed E-state index contributed by atoms with van der Waals surface area (Å²) in [4.78, 5) is 31.8. The highest BCUT2D eigenvalue weighted by molar-refractivity contribution is 5.88. The Balaban J connectivity index is 3.53. The third-order valence-electron chi connectivity index (χ3n) is 1.38. The summed E-state index contributed by atoms with van der Waals surface area (Å²) in [5.74, 6) is -1.73. The normalized spacial score (nSPS) is 9.50. The number of carboxylic acids is 1. The van der Waals surface area contributed by atoms with E-state index in [1.165, 1.54) is 7.11 Å². The molecule has 0 aliphatic carbocycles. The number of aliphatic carboxylic acids is 1. The lowest BCUT2D eigenvalue weighted by atomic mass is 10.2. The Hall–Kier alpha value is -1.43. The van der Waals surface area contributed by atoms with Crippen LogP contribution in [0.25, 0.3) is 0 Å². The molecule has 0 aliphatic rings. The highest BCUT2D eigenvalue weighted by Crippen LogP contribution is 1.89. The van der Waals surface area contributed by atoms with E-state index in [-0.39, 0.29) is 31.8 Å². The van der Waals surface area contributed by atoms with E-state index in [9.17, 15) is 14.4 Å². The smallest absolute Gasteiger partial charge is 0.303 e. The van der Waals surface area contributed by atoms with Crippen LogP contribution in [0.2, 0.25) is 0 Å². The summed E-state index contributed by atoms with van der Waals surface area (Å²) in [6, 6.07) is 0. The molecule has 0 unspecified atom stereocenters. The van der Waals surface area contributed by atoms with Gasteiger partial charge < -0.3 is 15.2 Å². The van der Waals surface area contributed by atoms with Gasteiger partial charge in [0.1, 0.15) is 6.61 Å². The van der Waals surface area contributed by atoms with Crippen LogP contribution in [0.5, 0.6) is 0 Å². The average Bonchev–Trinajstić information content (AvgIpc) is 2.12. The molecule has 0 aliphatic heterocycles. The van der Waals surface area contributed by atoms with Gasteiger partial charge in [0.2, 0.25) is 5.91 Å². The van der Waals surface area contributed by atoms with Gasteiger partial charge in [-0.25, -0.2) is 0 Å². The van der Waals surface area contributed by atoms with Gasteiger partial charge in [-0.15, -0.1) is 0 Å². The van der Waals surface area contributed by atoms with Gasteiger partial charge in [-0.2, -0.15) is 0 Å². The Labute approximate surface area is 81.2 Å². The fraction of sp³-hybridized carbons (Fsp3) is 0.625. The number of carbonyl (C=O) groups excluding carboxylic acids is 2. The van der Waals surface area contributed by atoms with Crippen LogP contribution in [0.3, 0.4) is 0 Å². The molecule has 0 atom stereocenters. The van der Waals surface area contributed by atoms with E-state index in [4.69, 9.17) is 5.11 Å². The van der Waals surface area contributed by atoms with E-state index in [1.54, 1.807) is 0 Å². The highest BCUT2D eigenvalue weighted by atomic mass is 16.5. The Morgan fingerprint density at radius 2 is 1.93 bits per heavy atom. The Morgan fingerprint density at radius 3 is 2.43 bits per heavy atom. The van der Waals surface area contributed by atoms with Crippen LogP contribution in [0.1, 0.15) is 12.8 Å². The molecular formula is C8H13NO5. The van der Waals surface area contributed by atoms with Crippen molar-refractivity contribution in [3.8, 4) is 0 Å². The second-order valence-corrected chi connectivity index (χ2v) is 2.64. The van der Waals surface area contributed by atoms with E-state index >= 15 is 0 Å². The maximum atomic E-state index is 10.9. The van der Waals surface area contributed by atoms with Gasteiger partial charge in [0, 0.05) is 13.5 Å². The van der Waals surface area contributed by atoms with Gasteiger partial charge >= 0.3 is 5.97 Å². The van der Waals surface area contributed by atoms with Crippen LogP contribution in [-0.2, 0) is 19.1 Å². The van der Waals surface area contributed by atoms with Gasteiger partial charge in [0.25, 0.3) is 0 Å². The minimum atomic E-state index is -1.03. The van der Waals surface area contributed by atoms with E-state index < -0.39 is 11.9 Å². The first-order valence-electron chi connectivity index (χ1n) is 4.05. The number of hydrogen-bond donors (Lipinski definition) is 2. The molecule has 0 saturated carbocycles. The van der Waals surface area contributed by atoms with Crippen molar-refractivity contribution < 1.29 is 24.2 Å². The maximum absolute atomic E-state index is 10.9. The monoisotopic (exact) mass is 203 g/mol. The fourth-order valence-electron chi connectivity index (χ4n) is 0.714. The number of methoxy groups -OCH3 is 1. The van der Waals surface area contributed by atoms with Gasteiger partial charge in [-0.1, -0.05) is 0 Å². The summed E-state index contributed by atoms with van der Waals surface area (Å²) in [5.41, 5.74) is 0. The van der Waals surface area contributed by atoms with Crippen molar-refractivity contribution in [1.82, 2.24) is 5.32 Å². The van der Waals surface area contributed by atoms with Crippen molar-refractivity contribution in [3.05, 3.63) is 0 Å². The second-order valence-electron chi connectivity index (χ2n) is 2.64. The first-order chi connectivity index (χ1) is 6.56. The zero-order chi connectivity index (χ0) is 11.0. The quantitative estimate of drug-likeness (QED) is 0.564. The summed E-state index contributed by atoms with van der Waals surface area (Å²) < 4.78 is 4.52. The summed E-state index contributed by atoms with van der Waals surface area (Å²) in [5, 5.41) is 10.6. The topological polar surface area (TPSA) is 92.7 Å². The molecule has 1 amide bonds. The van der Waals surface area contributed by atoms with E-state index in [0.29, 0.717) is 0 Å². The predicted octanol–water partition coefficient (Wildman–Crippen LogP) is -0.817. The molecule has 0 aromatic rings. The molecule has 0 heterocycles. The Morgan fingerprint density at radius 1 is 1.29 bits per heavy atom. The van der Waals surface area contributed by atoms with Crippen LogP contribution in [-0.4, -0.2) is 43.0 Å². The standard InChI is InChI=1S/C8H13NO5/c1-14-5-7(11)9-4-6(10)2-3-8(12)13/h2-5H2,1H3,(H,9,11)(H,12,13). The zero-order valence-corrected chi connectivity index (χ0v) is 7.91. The van der Waals surface area contributed by atoms with Gasteiger partial charge in [-0.3, -0.25) is 14.4 Å². The number of rotatable bonds is 7. The minimum absolute atomic E-state index is 0.0669. The van der Waals surface area contributed by atoms with Crippen molar-refractivity contribution in [3.63, 3.8) is 0 Å². The number of ether oxygens (including phenoxy) is 1. The predicted molar refractivity (Wildman–Crippen MR) is 46.8 cm³/mol. The largest absolute Gasteiger partial charge is 0.481 e. The number of ketones is 1. The fourth-order valence-corrected chi connectivity index (χ4v) is 0.714. The number of carbonyl (C=O) groups is 3. The van der Waals surface area contributed by atoms with Gasteiger partial charge in [0.15, 0.2) is 5.78 Å². The molecule has 2 N–H and O–H groups in total. The van der Waals surface area contributed by atoms with Crippen LogP contribution in [0.15, 0.2) is 0 Å². The number of nitrogens with one attached hydrogen (secondary N) is 1. The number of hydrogen-bond acceptors (Lipinski definition) is 4. The molecule has 6 heteroatoms. The van der Waals surface area contributed by atoms with Crippen molar-refractivity contribution >= 4 is 17.7 Å². The molecule has 0 fully saturated rings. The van der Waals surface area contributed by atoms with Crippen molar-refractivity contribution in [2.45, 2.75) is 12.8 Å². The van der Waals surface area contributed by atoms with E-state index in [1.807, 2.05) is 0 Å². The molecule has 0 saturated heterocycles. The third-order valence-corrected chi connectivity index (χ3v) is 1.38. The van der Waals surface area contributed by atoms with Crippen molar-refractivity contribution in [2.75, 3.05) is 20.3 Å². The van der Waals surface area contributed by atoms with Crippen LogP contribution in [0.4, 0.5) is 0 Å². The van der Waals surface area contributed by atoms with Crippen molar-refractivity contribution in [1.29, 1.82) is 0 Å². The lowest BCUT2D eigenvalue weighted by Gasteiger charge is -2.02. The lowest BCUT2D eigenvalue weighted by molar-refractivity contribution is -0.138. The summed E-state index contributed by atoms with van der Waals surface area (Å²) in [6.07, 6.45) is -0.276. The second kappa shape index (κ2) is 7.02. The molecule has 80 valence electrons. The van der Waals surface area contributed by atoms with Crippen LogP contribution < -0.4 is 5.32 Å². The average molecular weight is 203 g/mol. The summed E-state index contributed by atoms with van der Waals surface area (Å²) >= 11 is 0. The zero-order valence-electron chi connectivity index (χ0n) is 7.91. The number of carboxylic acid groups (broad SMARTS) is 1. The Bertz CT molecular complexity index is 226. The van der Waals surface area contributed by atoms with Crippen LogP contribution >= 0.6 is 0 Å². The minimum Gasteiger partial charge on any atom is -0.481 e. The highest BCUT2D eigenvalue weighted by Gasteiger charge is 2.07. The summed E-state index contributed by atoms with van der Waals surface area (Å²) in [6.45, 7) is -0.248. The Kier molecular flexibility index (Phi) is 6.30. The van der Waals surface area contributed by atoms with E-state index in [0.717, 1.165) is 0 Å². The molecule has 0 spiro atoms. The van der Waals surface area contributed by atoms with Crippen molar-refractivity contribution in [2.24, 2.45) is 0 Å². The first-order valence-corrected chi connectivity index (χ1v) is 4.05. The number of Topliss-reactive ketones (excluding diaryl/α,β-unsaturated/α-hetero) is 1. The molecular weight excluding hydrogens is 190 g/mol. The maximum Gasteiger partial charge on any atom is 0.303 e. The van der Waals surface area contributed by atoms with E-state index in [2.05, 4.69) is 10.1 Å². The molecule has 0 aromatic heterocycles. The molecule has 14 heavy (non-hydrogen) atoms. The van der Waals surface area contributed by atoms with Gasteiger partial charge in [-0.05, 0) is 0 Å². The van der Waals surface area contributed by atoms with Crippen LogP contribution in [0, 0.1) is 0 Å². The van der Waals surface area contributed by atoms with Gasteiger partial charge in [0.05, 0.1) is 13.0 Å². The number of amides is 1. The molecule has 0 bridgehead atoms. The summed E-state index contributed by atoms with van der Waals surface area (Å²) in [7, 11) is 1.37. The molecule has 0 radical (unpaired) electrons. The third kappa shape index (κ3) is 7.23. The molecule has 0 aromatic carbocycles. The SMILES string of the molecule is COCC(=O)NCC(=O)CCC(=O)O.